The molecule has 2 aliphatic rings. The highest BCUT2D eigenvalue weighted by molar-refractivity contribution is 6.35. The van der Waals surface area contributed by atoms with Crippen LogP contribution >= 0.6 is 11.6 Å². The summed E-state index contributed by atoms with van der Waals surface area (Å²) in [5.74, 6) is 1.76. The molecule has 0 aliphatic carbocycles. The van der Waals surface area contributed by atoms with Crippen LogP contribution in [-0.2, 0) is 6.42 Å². The minimum absolute atomic E-state index is 0.622. The normalized spacial score (nSPS) is 17.2. The predicted molar refractivity (Wildman–Crippen MR) is 113 cm³/mol. The van der Waals surface area contributed by atoms with Gasteiger partial charge in [0, 0.05) is 49.8 Å². The minimum Gasteiger partial charge on any atom is -0.486 e. The zero-order valence-electron chi connectivity index (χ0n) is 15.8. The molecule has 5 nitrogen and oxygen atoms in total. The lowest BCUT2D eigenvalue weighted by molar-refractivity contribution is 0.171. The number of hydrogen-bond donors (Lipinski definition) is 1. The molecule has 146 valence electrons. The molecule has 0 saturated carbocycles. The summed E-state index contributed by atoms with van der Waals surface area (Å²) in [7, 11) is 0. The molecule has 0 unspecified atom stereocenters. The summed E-state index contributed by atoms with van der Waals surface area (Å²) < 4.78 is 11.6. The molecule has 2 aliphatic heterocycles. The third-order valence-electron chi connectivity index (χ3n) is 5.69. The zero-order valence-corrected chi connectivity index (χ0v) is 16.5. The number of H-pyrrole nitrogens is 1. The molecule has 1 N–H and O–H groups in total. The summed E-state index contributed by atoms with van der Waals surface area (Å²) in [6.45, 7) is 6.36. The molecule has 1 fully saturated rings. The molecular formula is C22H24ClN3O2. The van der Waals surface area contributed by atoms with E-state index < -0.39 is 0 Å². The first-order valence-corrected chi connectivity index (χ1v) is 10.3. The second-order valence-electron chi connectivity index (χ2n) is 7.36. The highest BCUT2D eigenvalue weighted by Gasteiger charge is 2.23. The van der Waals surface area contributed by atoms with Crippen molar-refractivity contribution in [1.82, 2.24) is 9.88 Å². The van der Waals surface area contributed by atoms with Gasteiger partial charge in [-0.2, -0.15) is 0 Å². The maximum atomic E-state index is 6.41. The molecule has 5 rings (SSSR count). The first-order valence-electron chi connectivity index (χ1n) is 9.90. The van der Waals surface area contributed by atoms with E-state index in [4.69, 9.17) is 21.1 Å². The topological polar surface area (TPSA) is 40.7 Å². The molecule has 6 heteroatoms. The van der Waals surface area contributed by atoms with Crippen molar-refractivity contribution in [2.45, 2.75) is 6.42 Å². The third-order valence-corrected chi connectivity index (χ3v) is 6.01. The minimum atomic E-state index is 0.622. The molecule has 0 radical (unpaired) electrons. The van der Waals surface area contributed by atoms with Crippen LogP contribution in [0, 0.1) is 0 Å². The summed E-state index contributed by atoms with van der Waals surface area (Å²) in [4.78, 5) is 8.27. The molecule has 1 aromatic heterocycles. The van der Waals surface area contributed by atoms with Gasteiger partial charge in [-0.05, 0) is 36.2 Å². The van der Waals surface area contributed by atoms with Crippen LogP contribution in [0.3, 0.4) is 0 Å². The number of nitrogens with one attached hydrogen (secondary N) is 1. The molecular weight excluding hydrogens is 374 g/mol. The van der Waals surface area contributed by atoms with Crippen LogP contribution in [-0.4, -0.2) is 55.8 Å². The lowest BCUT2D eigenvalue weighted by Crippen LogP contribution is -2.47. The van der Waals surface area contributed by atoms with Crippen LogP contribution in [0.1, 0.15) is 5.56 Å². The standard InChI is InChI=1S/C22H24ClN3O2/c23-17-3-1-4-18-21(17)16(15-24-18)7-8-25-9-11-26(12-10-25)19-5-2-6-20-22(19)28-14-13-27-20/h1-6,15,24H,7-14H2. The van der Waals surface area contributed by atoms with Crippen LogP contribution in [0.25, 0.3) is 10.9 Å². The first kappa shape index (κ1) is 17.7. The number of ether oxygens (including phenoxy) is 2. The average molecular weight is 398 g/mol. The van der Waals surface area contributed by atoms with E-state index in [0.717, 1.165) is 72.3 Å². The van der Waals surface area contributed by atoms with Gasteiger partial charge in [0.2, 0.25) is 0 Å². The summed E-state index contributed by atoms with van der Waals surface area (Å²) >= 11 is 6.41. The Morgan fingerprint density at radius 2 is 1.79 bits per heavy atom. The van der Waals surface area contributed by atoms with Gasteiger partial charge in [-0.15, -0.1) is 0 Å². The Morgan fingerprint density at radius 1 is 0.964 bits per heavy atom. The lowest BCUT2D eigenvalue weighted by atomic mass is 10.1. The van der Waals surface area contributed by atoms with E-state index in [9.17, 15) is 0 Å². The van der Waals surface area contributed by atoms with Crippen molar-refractivity contribution in [2.24, 2.45) is 0 Å². The number of benzene rings is 2. The van der Waals surface area contributed by atoms with Gasteiger partial charge in [0.1, 0.15) is 13.2 Å². The quantitative estimate of drug-likeness (QED) is 0.723. The molecule has 2 aromatic carbocycles. The maximum absolute atomic E-state index is 6.41. The second kappa shape index (κ2) is 7.57. The van der Waals surface area contributed by atoms with Crippen molar-refractivity contribution in [1.29, 1.82) is 0 Å². The van der Waals surface area contributed by atoms with Gasteiger partial charge in [-0.25, -0.2) is 0 Å². The molecule has 0 spiro atoms. The molecule has 0 atom stereocenters. The van der Waals surface area contributed by atoms with Crippen LogP contribution in [0.4, 0.5) is 5.69 Å². The summed E-state index contributed by atoms with van der Waals surface area (Å²) in [5.41, 5.74) is 3.56. The van der Waals surface area contributed by atoms with E-state index in [1.165, 1.54) is 5.56 Å². The highest BCUT2D eigenvalue weighted by atomic mass is 35.5. The van der Waals surface area contributed by atoms with Gasteiger partial charge in [-0.1, -0.05) is 23.7 Å². The molecule has 3 heterocycles. The van der Waals surface area contributed by atoms with Gasteiger partial charge in [0.15, 0.2) is 11.5 Å². The predicted octanol–water partition coefficient (Wildman–Crippen LogP) is 3.96. The van der Waals surface area contributed by atoms with E-state index in [1.807, 2.05) is 18.2 Å². The number of anilines is 1. The number of nitrogens with zero attached hydrogens (tertiary/aromatic N) is 2. The second-order valence-corrected chi connectivity index (χ2v) is 7.76. The lowest BCUT2D eigenvalue weighted by Gasteiger charge is -2.37. The van der Waals surface area contributed by atoms with Crippen molar-refractivity contribution in [2.75, 3.05) is 50.8 Å². The Labute approximate surface area is 169 Å². The fraction of sp³-hybridized carbons (Fsp3) is 0.364. The van der Waals surface area contributed by atoms with Crippen LogP contribution in [0.15, 0.2) is 42.6 Å². The number of fused-ring (bicyclic) bond motifs is 2. The van der Waals surface area contributed by atoms with Crippen molar-refractivity contribution in [3.63, 3.8) is 0 Å². The number of halogens is 1. The molecule has 0 bridgehead atoms. The van der Waals surface area contributed by atoms with Gasteiger partial charge in [-0.3, -0.25) is 4.90 Å². The number of rotatable bonds is 4. The number of aromatic amines is 1. The molecule has 3 aromatic rings. The molecule has 1 saturated heterocycles. The Hall–Kier alpha value is -2.37. The van der Waals surface area contributed by atoms with Crippen LogP contribution in [0.5, 0.6) is 11.5 Å². The Bertz CT molecular complexity index is 979. The Balaban J connectivity index is 1.22. The fourth-order valence-corrected chi connectivity index (χ4v) is 4.50. The van der Waals surface area contributed by atoms with E-state index in [-0.39, 0.29) is 0 Å². The van der Waals surface area contributed by atoms with Gasteiger partial charge >= 0.3 is 0 Å². The Kier molecular flexibility index (Phi) is 4.79. The highest BCUT2D eigenvalue weighted by Crippen LogP contribution is 2.39. The van der Waals surface area contributed by atoms with Crippen molar-refractivity contribution in [3.8, 4) is 11.5 Å². The van der Waals surface area contributed by atoms with Crippen molar-refractivity contribution in [3.05, 3.63) is 53.2 Å². The SMILES string of the molecule is Clc1cccc2[nH]cc(CCN3CCN(c4cccc5c4OCCO5)CC3)c12. The molecule has 0 amide bonds. The van der Waals surface area contributed by atoms with Crippen molar-refractivity contribution < 1.29 is 9.47 Å². The first-order chi connectivity index (χ1) is 13.8. The maximum Gasteiger partial charge on any atom is 0.184 e. The number of piperazine rings is 1. The van der Waals surface area contributed by atoms with Gasteiger partial charge in [0.25, 0.3) is 0 Å². The van der Waals surface area contributed by atoms with E-state index in [2.05, 4.69) is 39.2 Å². The van der Waals surface area contributed by atoms with Crippen molar-refractivity contribution >= 4 is 28.2 Å². The zero-order chi connectivity index (χ0) is 18.9. The van der Waals surface area contributed by atoms with E-state index >= 15 is 0 Å². The fourth-order valence-electron chi connectivity index (χ4n) is 4.20. The van der Waals surface area contributed by atoms with Crippen LogP contribution in [0.2, 0.25) is 5.02 Å². The summed E-state index contributed by atoms with van der Waals surface area (Å²) in [6, 6.07) is 12.2. The number of hydrogen-bond acceptors (Lipinski definition) is 4. The summed E-state index contributed by atoms with van der Waals surface area (Å²) in [6.07, 6.45) is 3.10. The number of para-hydroxylation sites is 1. The molecule has 28 heavy (non-hydrogen) atoms. The Morgan fingerprint density at radius 3 is 2.68 bits per heavy atom. The summed E-state index contributed by atoms with van der Waals surface area (Å²) in [5, 5.41) is 1.99. The van der Waals surface area contributed by atoms with Gasteiger partial charge in [0.05, 0.1) is 10.7 Å². The number of aromatic nitrogens is 1. The van der Waals surface area contributed by atoms with E-state index in [0.29, 0.717) is 13.2 Å². The smallest absolute Gasteiger partial charge is 0.184 e. The van der Waals surface area contributed by atoms with Crippen LogP contribution < -0.4 is 14.4 Å². The van der Waals surface area contributed by atoms with E-state index in [1.54, 1.807) is 0 Å². The third kappa shape index (κ3) is 3.29. The largest absolute Gasteiger partial charge is 0.486 e. The monoisotopic (exact) mass is 397 g/mol. The average Bonchev–Trinajstić information content (AvgIpc) is 3.17. The van der Waals surface area contributed by atoms with Gasteiger partial charge < -0.3 is 19.4 Å².